The van der Waals surface area contributed by atoms with Gasteiger partial charge in [-0.2, -0.15) is 0 Å². The lowest BCUT2D eigenvalue weighted by atomic mass is 9.97. The maximum Gasteiger partial charge on any atom is 0.128 e. The molecule has 1 aromatic rings. The van der Waals surface area contributed by atoms with E-state index in [1.165, 1.54) is 6.07 Å². The zero-order valence-electron chi connectivity index (χ0n) is 12.0. The minimum Gasteiger partial charge on any atom is -0.374 e. The van der Waals surface area contributed by atoms with E-state index in [0.29, 0.717) is 17.2 Å². The predicted octanol–water partition coefficient (Wildman–Crippen LogP) is 2.85. The van der Waals surface area contributed by atoms with Crippen molar-refractivity contribution >= 4 is 11.6 Å². The van der Waals surface area contributed by atoms with Crippen LogP contribution in [0, 0.1) is 5.82 Å². The summed E-state index contributed by atoms with van der Waals surface area (Å²) in [6, 6.07) is 4.61. The maximum absolute atomic E-state index is 14.1. The minimum atomic E-state index is -0.225. The molecule has 0 aromatic heterocycles. The Hall–Kier alpha value is -0.680. The molecular weight excluding hydrogens is 279 g/mol. The van der Waals surface area contributed by atoms with Crippen molar-refractivity contribution in [3.63, 3.8) is 0 Å². The fraction of sp³-hybridized carbons (Fsp3) is 0.600. The summed E-state index contributed by atoms with van der Waals surface area (Å²) in [6.45, 7) is 5.24. The van der Waals surface area contributed by atoms with Crippen LogP contribution < -0.4 is 5.32 Å². The topological polar surface area (TPSA) is 24.5 Å². The molecular formula is C15H22ClFN2O. The molecule has 0 spiro atoms. The fourth-order valence-electron chi connectivity index (χ4n) is 2.63. The number of ether oxygens (including phenoxy) is 1. The average molecular weight is 301 g/mol. The number of hydrogen-bond acceptors (Lipinski definition) is 3. The van der Waals surface area contributed by atoms with Gasteiger partial charge in [-0.25, -0.2) is 4.39 Å². The van der Waals surface area contributed by atoms with Gasteiger partial charge in [-0.05, 0) is 38.2 Å². The first kappa shape index (κ1) is 15.7. The normalized spacial score (nSPS) is 24.0. The molecule has 0 amide bonds. The summed E-state index contributed by atoms with van der Waals surface area (Å²) in [7, 11) is 2.00. The first-order chi connectivity index (χ1) is 9.63. The molecule has 0 radical (unpaired) electrons. The van der Waals surface area contributed by atoms with Gasteiger partial charge in [0.25, 0.3) is 0 Å². The Morgan fingerprint density at radius 3 is 3.05 bits per heavy atom. The van der Waals surface area contributed by atoms with Crippen molar-refractivity contribution in [2.45, 2.75) is 25.5 Å². The van der Waals surface area contributed by atoms with E-state index < -0.39 is 0 Å². The van der Waals surface area contributed by atoms with Gasteiger partial charge >= 0.3 is 0 Å². The average Bonchev–Trinajstić information content (AvgIpc) is 2.42. The van der Waals surface area contributed by atoms with E-state index in [4.69, 9.17) is 16.3 Å². The highest BCUT2D eigenvalue weighted by atomic mass is 35.5. The van der Waals surface area contributed by atoms with Crippen LogP contribution in [0.3, 0.4) is 0 Å². The highest BCUT2D eigenvalue weighted by Crippen LogP contribution is 2.31. The molecule has 2 rings (SSSR count). The number of nitrogens with zero attached hydrogens (tertiary/aromatic N) is 1. The second kappa shape index (κ2) is 7.36. The molecule has 1 fully saturated rings. The largest absolute Gasteiger partial charge is 0.374 e. The van der Waals surface area contributed by atoms with E-state index in [0.717, 1.165) is 26.1 Å². The molecule has 0 saturated carbocycles. The lowest BCUT2D eigenvalue weighted by molar-refractivity contribution is -0.0622. The summed E-state index contributed by atoms with van der Waals surface area (Å²) >= 11 is 6.02. The van der Waals surface area contributed by atoms with Crippen LogP contribution in [0.15, 0.2) is 18.2 Å². The number of nitrogens with one attached hydrogen (secondary N) is 1. The molecule has 2 unspecified atom stereocenters. The monoisotopic (exact) mass is 300 g/mol. The van der Waals surface area contributed by atoms with Gasteiger partial charge in [-0.15, -0.1) is 0 Å². The van der Waals surface area contributed by atoms with Gasteiger partial charge in [0, 0.05) is 23.7 Å². The molecule has 0 bridgehead atoms. The van der Waals surface area contributed by atoms with E-state index in [1.807, 2.05) is 7.05 Å². The molecule has 3 nitrogen and oxygen atoms in total. The molecule has 1 saturated heterocycles. The van der Waals surface area contributed by atoms with Crippen molar-refractivity contribution < 1.29 is 9.13 Å². The summed E-state index contributed by atoms with van der Waals surface area (Å²) in [5.74, 6) is -0.225. The molecule has 112 valence electrons. The first-order valence-corrected chi connectivity index (χ1v) is 7.48. The van der Waals surface area contributed by atoms with Crippen LogP contribution in [0.1, 0.15) is 24.9 Å². The molecule has 1 aliphatic heterocycles. The number of hydrogen-bond donors (Lipinski definition) is 1. The van der Waals surface area contributed by atoms with Crippen LogP contribution in [0.5, 0.6) is 0 Å². The second-order valence-electron chi connectivity index (χ2n) is 5.20. The third-order valence-corrected chi connectivity index (χ3v) is 3.89. The quantitative estimate of drug-likeness (QED) is 0.846. The van der Waals surface area contributed by atoms with Gasteiger partial charge in [-0.1, -0.05) is 18.5 Å². The highest BCUT2D eigenvalue weighted by Gasteiger charge is 2.33. The Morgan fingerprint density at radius 2 is 2.30 bits per heavy atom. The molecule has 5 heteroatoms. The molecule has 1 heterocycles. The predicted molar refractivity (Wildman–Crippen MR) is 79.7 cm³/mol. The molecule has 20 heavy (non-hydrogen) atoms. The Balaban J connectivity index is 2.20. The second-order valence-corrected chi connectivity index (χ2v) is 5.64. The summed E-state index contributed by atoms with van der Waals surface area (Å²) in [5, 5.41) is 3.91. The van der Waals surface area contributed by atoms with Crippen LogP contribution in [0.25, 0.3) is 0 Å². The SMILES string of the molecule is CCCNCC1OCCN(C)C1c1cc(Cl)ccc1F. The van der Waals surface area contributed by atoms with Gasteiger partial charge < -0.3 is 10.1 Å². The Bertz CT molecular complexity index is 444. The molecule has 0 aliphatic carbocycles. The van der Waals surface area contributed by atoms with Crippen LogP contribution in [-0.2, 0) is 4.74 Å². The van der Waals surface area contributed by atoms with Crippen LogP contribution in [-0.4, -0.2) is 44.3 Å². The van der Waals surface area contributed by atoms with Crippen molar-refractivity contribution in [1.82, 2.24) is 10.2 Å². The summed E-state index contributed by atoms with van der Waals surface area (Å²) in [5.41, 5.74) is 0.614. The van der Waals surface area contributed by atoms with Gasteiger partial charge in [0.15, 0.2) is 0 Å². The van der Waals surface area contributed by atoms with E-state index in [-0.39, 0.29) is 18.0 Å². The minimum absolute atomic E-state index is 0.0618. The van der Waals surface area contributed by atoms with Gasteiger partial charge in [0.1, 0.15) is 5.82 Å². The zero-order chi connectivity index (χ0) is 14.5. The number of rotatable bonds is 5. The highest BCUT2D eigenvalue weighted by molar-refractivity contribution is 6.30. The number of morpholine rings is 1. The Kier molecular flexibility index (Phi) is 5.78. The van der Waals surface area contributed by atoms with Crippen molar-refractivity contribution in [3.05, 3.63) is 34.6 Å². The number of likely N-dealkylation sites (N-methyl/N-ethyl adjacent to an activating group) is 1. The summed E-state index contributed by atoms with van der Waals surface area (Å²) in [4.78, 5) is 2.14. The molecule has 1 N–H and O–H groups in total. The molecule has 2 atom stereocenters. The van der Waals surface area contributed by atoms with E-state index in [9.17, 15) is 4.39 Å². The van der Waals surface area contributed by atoms with Gasteiger partial charge in [0.05, 0.1) is 18.8 Å². The standard InChI is InChI=1S/C15H22ClFN2O/c1-3-6-18-10-14-15(19(2)7-8-20-14)12-9-11(16)4-5-13(12)17/h4-5,9,14-15,18H,3,6-8,10H2,1-2H3. The lowest BCUT2D eigenvalue weighted by Crippen LogP contribution is -2.47. The maximum atomic E-state index is 14.1. The molecule has 1 aromatic carbocycles. The van der Waals surface area contributed by atoms with Crippen molar-refractivity contribution in [3.8, 4) is 0 Å². The zero-order valence-corrected chi connectivity index (χ0v) is 12.8. The third kappa shape index (κ3) is 3.70. The van der Waals surface area contributed by atoms with Crippen molar-refractivity contribution in [1.29, 1.82) is 0 Å². The van der Waals surface area contributed by atoms with E-state index in [1.54, 1.807) is 12.1 Å². The van der Waals surface area contributed by atoms with Crippen LogP contribution in [0.4, 0.5) is 4.39 Å². The van der Waals surface area contributed by atoms with E-state index in [2.05, 4.69) is 17.1 Å². The molecule has 1 aliphatic rings. The lowest BCUT2D eigenvalue weighted by Gasteiger charge is -2.39. The smallest absolute Gasteiger partial charge is 0.128 e. The Labute approximate surface area is 125 Å². The summed E-state index contributed by atoms with van der Waals surface area (Å²) in [6.07, 6.45) is 1.01. The van der Waals surface area contributed by atoms with E-state index >= 15 is 0 Å². The number of benzene rings is 1. The van der Waals surface area contributed by atoms with Gasteiger partial charge in [0.2, 0.25) is 0 Å². The van der Waals surface area contributed by atoms with Crippen LogP contribution >= 0.6 is 11.6 Å². The first-order valence-electron chi connectivity index (χ1n) is 7.11. The van der Waals surface area contributed by atoms with Crippen molar-refractivity contribution in [2.75, 3.05) is 33.3 Å². The Morgan fingerprint density at radius 1 is 1.50 bits per heavy atom. The van der Waals surface area contributed by atoms with Crippen molar-refractivity contribution in [2.24, 2.45) is 0 Å². The third-order valence-electron chi connectivity index (χ3n) is 3.65. The van der Waals surface area contributed by atoms with Crippen LogP contribution in [0.2, 0.25) is 5.02 Å². The number of halogens is 2. The fourth-order valence-corrected chi connectivity index (χ4v) is 2.81. The van der Waals surface area contributed by atoms with Gasteiger partial charge in [-0.3, -0.25) is 4.90 Å². The summed E-state index contributed by atoms with van der Waals surface area (Å²) < 4.78 is 20.0.